The first kappa shape index (κ1) is 25.7. The molecule has 8 nitrogen and oxygen atoms in total. The van der Waals surface area contributed by atoms with Crippen LogP contribution in [0.25, 0.3) is 11.3 Å². The lowest BCUT2D eigenvalue weighted by Gasteiger charge is -2.33. The van der Waals surface area contributed by atoms with Crippen LogP contribution in [-0.2, 0) is 10.2 Å². The molecular formula is C27H31N3O5. The van der Waals surface area contributed by atoms with E-state index in [4.69, 9.17) is 9.15 Å². The molecule has 35 heavy (non-hydrogen) atoms. The Bertz CT molecular complexity index is 1190. The van der Waals surface area contributed by atoms with E-state index >= 15 is 0 Å². The van der Waals surface area contributed by atoms with Crippen molar-refractivity contribution < 1.29 is 18.9 Å². The highest BCUT2D eigenvalue weighted by Gasteiger charge is 2.27. The number of hydrogen-bond acceptors (Lipinski definition) is 6. The molecule has 1 amide bonds. The molecule has 0 unspecified atom stereocenters. The second kappa shape index (κ2) is 10.5. The highest BCUT2D eigenvalue weighted by Crippen LogP contribution is 2.36. The van der Waals surface area contributed by atoms with Crippen molar-refractivity contribution in [3.05, 3.63) is 82.1 Å². The molecule has 8 heteroatoms. The summed E-state index contributed by atoms with van der Waals surface area (Å²) >= 11 is 0. The SMILES string of the molecule is CC(C)(C)CC(C)(C)c1ccc(OCC(=O)N/N=C\c2ccc(-c3ccc([N+](=O)[O-])cc3)o2)cc1. The van der Waals surface area contributed by atoms with Gasteiger partial charge in [-0.1, -0.05) is 46.8 Å². The number of hydrazone groups is 1. The zero-order valence-corrected chi connectivity index (χ0v) is 20.7. The summed E-state index contributed by atoms with van der Waals surface area (Å²) in [7, 11) is 0. The lowest BCUT2D eigenvalue weighted by Crippen LogP contribution is -2.25. The number of nitrogens with zero attached hydrogens (tertiary/aromatic N) is 2. The molecule has 0 radical (unpaired) electrons. The summed E-state index contributed by atoms with van der Waals surface area (Å²) in [5, 5.41) is 14.7. The minimum absolute atomic E-state index is 0.00680. The van der Waals surface area contributed by atoms with E-state index in [1.807, 2.05) is 24.3 Å². The molecule has 0 saturated carbocycles. The first-order valence-corrected chi connectivity index (χ1v) is 11.3. The molecular weight excluding hydrogens is 446 g/mol. The van der Waals surface area contributed by atoms with Gasteiger partial charge >= 0.3 is 0 Å². The fraction of sp³-hybridized carbons (Fsp3) is 0.333. The van der Waals surface area contributed by atoms with Gasteiger partial charge in [-0.15, -0.1) is 0 Å². The average Bonchev–Trinajstić information content (AvgIpc) is 3.25. The van der Waals surface area contributed by atoms with Gasteiger partial charge in [0, 0.05) is 17.7 Å². The average molecular weight is 478 g/mol. The molecule has 3 aromatic rings. The fourth-order valence-electron chi connectivity index (χ4n) is 4.10. The number of nitro benzene ring substituents is 1. The maximum atomic E-state index is 12.1. The van der Waals surface area contributed by atoms with E-state index in [0.29, 0.717) is 22.8 Å². The van der Waals surface area contributed by atoms with Gasteiger partial charge in [0.25, 0.3) is 11.6 Å². The van der Waals surface area contributed by atoms with Gasteiger partial charge in [0.2, 0.25) is 0 Å². The lowest BCUT2D eigenvalue weighted by atomic mass is 9.72. The second-order valence-electron chi connectivity index (χ2n) is 10.2. The number of benzene rings is 2. The Morgan fingerprint density at radius 1 is 1.03 bits per heavy atom. The summed E-state index contributed by atoms with van der Waals surface area (Å²) in [6.45, 7) is 11.0. The molecule has 0 atom stereocenters. The van der Waals surface area contributed by atoms with E-state index in [1.165, 1.54) is 23.9 Å². The van der Waals surface area contributed by atoms with E-state index in [9.17, 15) is 14.9 Å². The number of nitro groups is 1. The molecule has 3 rings (SSSR count). The first-order chi connectivity index (χ1) is 16.4. The van der Waals surface area contributed by atoms with Crippen molar-refractivity contribution in [3.8, 4) is 17.1 Å². The summed E-state index contributed by atoms with van der Waals surface area (Å²) in [6.07, 6.45) is 2.42. The van der Waals surface area contributed by atoms with Crippen LogP contribution in [0.5, 0.6) is 5.75 Å². The standard InChI is InChI=1S/C27H31N3O5/c1-26(2,3)18-27(4,5)20-8-12-22(13-9-20)34-17-25(31)29-28-16-23-14-15-24(35-23)19-6-10-21(11-7-19)30(32)33/h6-16H,17-18H2,1-5H3,(H,29,31)/b28-16-. The third kappa shape index (κ3) is 7.53. The summed E-state index contributed by atoms with van der Waals surface area (Å²) in [5.41, 5.74) is 4.58. The maximum Gasteiger partial charge on any atom is 0.277 e. The van der Waals surface area contributed by atoms with Crippen LogP contribution < -0.4 is 10.2 Å². The predicted molar refractivity (Wildman–Crippen MR) is 136 cm³/mol. The Balaban J connectivity index is 1.48. The van der Waals surface area contributed by atoms with Crippen LogP contribution in [0.4, 0.5) is 5.69 Å². The molecule has 0 bridgehead atoms. The first-order valence-electron chi connectivity index (χ1n) is 11.3. The Hall–Kier alpha value is -3.94. The van der Waals surface area contributed by atoms with Crippen LogP contribution >= 0.6 is 0 Å². The molecule has 0 aliphatic rings. The lowest BCUT2D eigenvalue weighted by molar-refractivity contribution is -0.384. The highest BCUT2D eigenvalue weighted by atomic mass is 16.6. The van der Waals surface area contributed by atoms with E-state index in [2.05, 4.69) is 45.1 Å². The third-order valence-corrected chi connectivity index (χ3v) is 5.35. The quantitative estimate of drug-likeness (QED) is 0.228. The van der Waals surface area contributed by atoms with Gasteiger partial charge in [0.05, 0.1) is 11.1 Å². The van der Waals surface area contributed by atoms with E-state index in [-0.39, 0.29) is 23.1 Å². The van der Waals surface area contributed by atoms with Crippen molar-refractivity contribution in [1.29, 1.82) is 0 Å². The molecule has 0 fully saturated rings. The molecule has 0 saturated heterocycles. The minimum atomic E-state index is -0.458. The van der Waals surface area contributed by atoms with Gasteiger partial charge in [0.1, 0.15) is 17.3 Å². The van der Waals surface area contributed by atoms with Gasteiger partial charge in [-0.05, 0) is 59.2 Å². The van der Waals surface area contributed by atoms with Gasteiger partial charge in [-0.3, -0.25) is 14.9 Å². The summed E-state index contributed by atoms with van der Waals surface area (Å²) in [4.78, 5) is 22.4. The molecule has 184 valence electrons. The van der Waals surface area contributed by atoms with Gasteiger partial charge in [0.15, 0.2) is 6.61 Å². The second-order valence-corrected chi connectivity index (χ2v) is 10.2. The van der Waals surface area contributed by atoms with Crippen LogP contribution in [0, 0.1) is 15.5 Å². The van der Waals surface area contributed by atoms with Crippen LogP contribution in [0.1, 0.15) is 52.4 Å². The number of hydrogen-bond donors (Lipinski definition) is 1. The fourth-order valence-corrected chi connectivity index (χ4v) is 4.10. The zero-order valence-electron chi connectivity index (χ0n) is 20.7. The van der Waals surface area contributed by atoms with Crippen LogP contribution in [0.3, 0.4) is 0 Å². The van der Waals surface area contributed by atoms with Crippen molar-refractivity contribution in [2.24, 2.45) is 10.5 Å². The molecule has 0 spiro atoms. The Morgan fingerprint density at radius 3 is 2.29 bits per heavy atom. The van der Waals surface area contributed by atoms with Crippen LogP contribution in [0.2, 0.25) is 0 Å². The smallest absolute Gasteiger partial charge is 0.277 e. The topological polar surface area (TPSA) is 107 Å². The van der Waals surface area contributed by atoms with Crippen molar-refractivity contribution in [3.63, 3.8) is 0 Å². The van der Waals surface area contributed by atoms with Crippen molar-refractivity contribution in [2.45, 2.75) is 46.5 Å². The molecule has 2 aromatic carbocycles. The van der Waals surface area contributed by atoms with E-state index < -0.39 is 10.8 Å². The van der Waals surface area contributed by atoms with E-state index in [0.717, 1.165) is 6.42 Å². The number of carbonyl (C=O) groups is 1. The maximum absolute atomic E-state index is 12.1. The van der Waals surface area contributed by atoms with Crippen molar-refractivity contribution in [2.75, 3.05) is 6.61 Å². The molecule has 0 aliphatic carbocycles. The zero-order chi connectivity index (χ0) is 25.6. The third-order valence-electron chi connectivity index (χ3n) is 5.35. The Labute approximate surface area is 205 Å². The monoisotopic (exact) mass is 477 g/mol. The Kier molecular flexibility index (Phi) is 7.74. The number of furan rings is 1. The summed E-state index contributed by atoms with van der Waals surface area (Å²) in [5.74, 6) is 1.16. The van der Waals surface area contributed by atoms with Crippen LogP contribution in [-0.4, -0.2) is 23.7 Å². The summed E-state index contributed by atoms with van der Waals surface area (Å²) < 4.78 is 11.2. The van der Waals surface area contributed by atoms with E-state index in [1.54, 1.807) is 24.3 Å². The number of amides is 1. The molecule has 0 aliphatic heterocycles. The normalized spacial score (nSPS) is 12.0. The van der Waals surface area contributed by atoms with Crippen molar-refractivity contribution >= 4 is 17.8 Å². The minimum Gasteiger partial charge on any atom is -0.484 e. The number of carbonyl (C=O) groups excluding carboxylic acids is 1. The number of non-ortho nitro benzene ring substituents is 1. The number of rotatable bonds is 9. The van der Waals surface area contributed by atoms with Gasteiger partial charge in [-0.25, -0.2) is 5.43 Å². The summed E-state index contributed by atoms with van der Waals surface area (Å²) in [6, 6.07) is 17.3. The van der Waals surface area contributed by atoms with Gasteiger partial charge in [-0.2, -0.15) is 5.10 Å². The molecule has 1 N–H and O–H groups in total. The predicted octanol–water partition coefficient (Wildman–Crippen LogP) is 6.10. The number of ether oxygens (including phenoxy) is 1. The largest absolute Gasteiger partial charge is 0.484 e. The highest BCUT2D eigenvalue weighted by molar-refractivity contribution is 5.81. The molecule has 1 heterocycles. The Morgan fingerprint density at radius 2 is 1.69 bits per heavy atom. The van der Waals surface area contributed by atoms with Crippen molar-refractivity contribution in [1.82, 2.24) is 5.43 Å². The number of nitrogens with one attached hydrogen (secondary N) is 1. The van der Waals surface area contributed by atoms with Crippen LogP contribution in [0.15, 0.2) is 70.2 Å². The van der Waals surface area contributed by atoms with Gasteiger partial charge < -0.3 is 9.15 Å². The molecule has 1 aromatic heterocycles.